The highest BCUT2D eigenvalue weighted by molar-refractivity contribution is 5.21. The molecule has 0 aromatic rings. The maximum absolute atomic E-state index is 2.38. The summed E-state index contributed by atoms with van der Waals surface area (Å²) in [7, 11) is 0. The average Bonchev–Trinajstić information content (AvgIpc) is 2.32. The fraction of sp³-hybridized carbons (Fsp3) is 0.500. The van der Waals surface area contributed by atoms with Crippen LogP contribution in [-0.4, -0.2) is 0 Å². The molecule has 0 heterocycles. The van der Waals surface area contributed by atoms with Gasteiger partial charge in [-0.2, -0.15) is 0 Å². The quantitative estimate of drug-likeness (QED) is 0.528. The molecule has 0 radical (unpaired) electrons. The van der Waals surface area contributed by atoms with Crippen molar-refractivity contribution >= 4 is 0 Å². The molecule has 0 fully saturated rings. The Morgan fingerprint density at radius 1 is 0.875 bits per heavy atom. The number of hydrogen-bond acceptors (Lipinski definition) is 0. The Labute approximate surface area is 100 Å². The van der Waals surface area contributed by atoms with Gasteiger partial charge in [0.2, 0.25) is 0 Å². The summed E-state index contributed by atoms with van der Waals surface area (Å²) in [6.07, 6.45) is 18.1. The fourth-order valence-electron chi connectivity index (χ4n) is 1.76. The van der Waals surface area contributed by atoms with E-state index in [4.69, 9.17) is 0 Å². The van der Waals surface area contributed by atoms with Crippen molar-refractivity contribution in [2.75, 3.05) is 0 Å². The second kappa shape index (κ2) is 7.27. The van der Waals surface area contributed by atoms with Gasteiger partial charge in [-0.15, -0.1) is 0 Å². The summed E-state index contributed by atoms with van der Waals surface area (Å²) in [6.45, 7) is 6.73. The van der Waals surface area contributed by atoms with Crippen LogP contribution < -0.4 is 0 Å². The van der Waals surface area contributed by atoms with Gasteiger partial charge < -0.3 is 0 Å². The third-order valence-electron chi connectivity index (χ3n) is 2.99. The number of hydrogen-bond donors (Lipinski definition) is 0. The van der Waals surface area contributed by atoms with Gasteiger partial charge >= 0.3 is 0 Å². The molecular weight excluding hydrogens is 192 g/mol. The standard InChI is InChI=1S/C10H16.C6H8/c1-8(2)10-6-4-9(3)5-7-10;1-2-4-6-5-3-1/h4,7-8H,5-6H2,1-3H3;1-2,5-6H,3-4H2. The normalized spacial score (nSPS) is 18.8. The maximum atomic E-state index is 2.38. The summed E-state index contributed by atoms with van der Waals surface area (Å²) >= 11 is 0. The Hall–Kier alpha value is -1.04. The zero-order chi connectivity index (χ0) is 11.8. The van der Waals surface area contributed by atoms with E-state index in [9.17, 15) is 0 Å². The molecule has 0 nitrogen and oxygen atoms in total. The van der Waals surface area contributed by atoms with E-state index in [1.807, 2.05) is 0 Å². The minimum atomic E-state index is 0.740. The molecule has 0 aromatic carbocycles. The van der Waals surface area contributed by atoms with Crippen LogP contribution in [0.15, 0.2) is 47.6 Å². The molecule has 0 unspecified atom stereocenters. The van der Waals surface area contributed by atoms with Crippen LogP contribution >= 0.6 is 0 Å². The number of rotatable bonds is 1. The lowest BCUT2D eigenvalue weighted by Gasteiger charge is -2.13. The largest absolute Gasteiger partial charge is 0.0844 e. The fourth-order valence-corrected chi connectivity index (χ4v) is 1.76. The highest BCUT2D eigenvalue weighted by Crippen LogP contribution is 2.22. The molecule has 0 saturated carbocycles. The van der Waals surface area contributed by atoms with Crippen molar-refractivity contribution in [3.63, 3.8) is 0 Å². The van der Waals surface area contributed by atoms with Crippen molar-refractivity contribution < 1.29 is 0 Å². The molecule has 0 aromatic heterocycles. The molecule has 2 aliphatic carbocycles. The average molecular weight is 216 g/mol. The lowest BCUT2D eigenvalue weighted by molar-refractivity contribution is 0.733. The third-order valence-corrected chi connectivity index (χ3v) is 2.99. The predicted octanol–water partition coefficient (Wildman–Crippen LogP) is 5.20. The third kappa shape index (κ3) is 5.16. The van der Waals surface area contributed by atoms with E-state index in [-0.39, 0.29) is 0 Å². The Morgan fingerprint density at radius 2 is 1.44 bits per heavy atom. The number of allylic oxidation sites excluding steroid dienone is 8. The summed E-state index contributed by atoms with van der Waals surface area (Å²) in [6, 6.07) is 0. The Balaban J connectivity index is 0.000000181. The monoisotopic (exact) mass is 216 g/mol. The van der Waals surface area contributed by atoms with Crippen molar-refractivity contribution in [3.8, 4) is 0 Å². The molecular formula is C16H24. The van der Waals surface area contributed by atoms with Crippen LogP contribution in [0.4, 0.5) is 0 Å². The van der Waals surface area contributed by atoms with E-state index in [1.165, 1.54) is 18.4 Å². The van der Waals surface area contributed by atoms with E-state index < -0.39 is 0 Å². The van der Waals surface area contributed by atoms with E-state index in [0.717, 1.165) is 18.8 Å². The van der Waals surface area contributed by atoms with Crippen molar-refractivity contribution in [1.29, 1.82) is 0 Å². The predicted molar refractivity (Wildman–Crippen MR) is 73.4 cm³/mol. The SMILES string of the molecule is C1=CCC=CC1.CC1=CCC(C(C)C)=CC1. The van der Waals surface area contributed by atoms with E-state index in [0.29, 0.717) is 0 Å². The van der Waals surface area contributed by atoms with Crippen LogP contribution in [0, 0.1) is 5.92 Å². The first-order valence-corrected chi connectivity index (χ1v) is 6.34. The van der Waals surface area contributed by atoms with Crippen molar-refractivity contribution in [3.05, 3.63) is 47.6 Å². The highest BCUT2D eigenvalue weighted by atomic mass is 14.1. The topological polar surface area (TPSA) is 0 Å². The van der Waals surface area contributed by atoms with Crippen LogP contribution in [0.2, 0.25) is 0 Å². The molecule has 0 heteroatoms. The van der Waals surface area contributed by atoms with Crippen LogP contribution in [0.1, 0.15) is 46.5 Å². The first-order valence-electron chi connectivity index (χ1n) is 6.34. The summed E-state index contributed by atoms with van der Waals surface area (Å²) in [5.74, 6) is 0.740. The van der Waals surface area contributed by atoms with Gasteiger partial charge in [-0.25, -0.2) is 0 Å². The molecule has 0 spiro atoms. The molecule has 0 aliphatic heterocycles. The lowest BCUT2D eigenvalue weighted by atomic mass is 9.93. The minimum absolute atomic E-state index is 0.740. The maximum Gasteiger partial charge on any atom is -0.0133 e. The first kappa shape index (κ1) is 13.0. The molecule has 88 valence electrons. The molecule has 0 saturated heterocycles. The summed E-state index contributed by atoms with van der Waals surface area (Å²) in [5, 5.41) is 0. The second-order valence-electron chi connectivity index (χ2n) is 4.81. The summed E-state index contributed by atoms with van der Waals surface area (Å²) < 4.78 is 0. The summed E-state index contributed by atoms with van der Waals surface area (Å²) in [4.78, 5) is 0. The lowest BCUT2D eigenvalue weighted by Crippen LogP contribution is -1.96. The van der Waals surface area contributed by atoms with Gasteiger partial charge in [-0.05, 0) is 38.5 Å². The molecule has 2 aliphatic rings. The minimum Gasteiger partial charge on any atom is -0.0844 e. The molecule has 0 amide bonds. The highest BCUT2D eigenvalue weighted by Gasteiger charge is 2.04. The van der Waals surface area contributed by atoms with Crippen molar-refractivity contribution in [1.82, 2.24) is 0 Å². The van der Waals surface area contributed by atoms with Crippen molar-refractivity contribution in [2.45, 2.75) is 46.5 Å². The van der Waals surface area contributed by atoms with Gasteiger partial charge in [0.1, 0.15) is 0 Å². The van der Waals surface area contributed by atoms with E-state index in [1.54, 1.807) is 5.57 Å². The van der Waals surface area contributed by atoms with Crippen LogP contribution in [0.25, 0.3) is 0 Å². The molecule has 16 heavy (non-hydrogen) atoms. The van der Waals surface area contributed by atoms with E-state index >= 15 is 0 Å². The zero-order valence-electron chi connectivity index (χ0n) is 10.9. The van der Waals surface area contributed by atoms with Gasteiger partial charge in [-0.3, -0.25) is 0 Å². The molecule has 0 N–H and O–H groups in total. The Morgan fingerprint density at radius 3 is 1.75 bits per heavy atom. The van der Waals surface area contributed by atoms with Crippen LogP contribution in [-0.2, 0) is 0 Å². The van der Waals surface area contributed by atoms with Gasteiger partial charge in [0.25, 0.3) is 0 Å². The Kier molecular flexibility index (Phi) is 5.92. The van der Waals surface area contributed by atoms with E-state index in [2.05, 4.69) is 57.2 Å². The second-order valence-corrected chi connectivity index (χ2v) is 4.81. The van der Waals surface area contributed by atoms with Crippen molar-refractivity contribution in [2.24, 2.45) is 5.92 Å². The zero-order valence-corrected chi connectivity index (χ0v) is 10.9. The molecule has 2 rings (SSSR count). The van der Waals surface area contributed by atoms with Gasteiger partial charge in [0.15, 0.2) is 0 Å². The van der Waals surface area contributed by atoms with Gasteiger partial charge in [0, 0.05) is 0 Å². The molecule has 0 bridgehead atoms. The summed E-state index contributed by atoms with van der Waals surface area (Å²) in [5.41, 5.74) is 3.12. The van der Waals surface area contributed by atoms with Gasteiger partial charge in [-0.1, -0.05) is 61.4 Å². The van der Waals surface area contributed by atoms with Gasteiger partial charge in [0.05, 0.1) is 0 Å². The van der Waals surface area contributed by atoms with Crippen LogP contribution in [0.3, 0.4) is 0 Å². The first-order chi connectivity index (χ1) is 7.70. The Bertz CT molecular complexity index is 291. The molecule has 0 atom stereocenters. The smallest absolute Gasteiger partial charge is 0.0133 e. The van der Waals surface area contributed by atoms with Crippen LogP contribution in [0.5, 0.6) is 0 Å².